The van der Waals surface area contributed by atoms with E-state index in [4.69, 9.17) is 4.74 Å². The molecule has 0 amide bonds. The largest absolute Gasteiger partial charge is 0.378 e. The minimum atomic E-state index is -0.283. The fourth-order valence-corrected chi connectivity index (χ4v) is 2.51. The molecule has 1 aliphatic heterocycles. The van der Waals surface area contributed by atoms with Gasteiger partial charge >= 0.3 is 0 Å². The van der Waals surface area contributed by atoms with Crippen LogP contribution in [0, 0.1) is 5.82 Å². The molecule has 0 aromatic carbocycles. The van der Waals surface area contributed by atoms with Crippen molar-refractivity contribution in [2.24, 2.45) is 0 Å². The van der Waals surface area contributed by atoms with Gasteiger partial charge in [0.05, 0.1) is 18.0 Å². The Hall–Kier alpha value is -1.00. The summed E-state index contributed by atoms with van der Waals surface area (Å²) in [7, 11) is 0. The van der Waals surface area contributed by atoms with E-state index >= 15 is 0 Å². The predicted octanol–water partition coefficient (Wildman–Crippen LogP) is 3.22. The van der Waals surface area contributed by atoms with E-state index in [0.29, 0.717) is 6.10 Å². The van der Waals surface area contributed by atoms with E-state index in [2.05, 4.69) is 17.2 Å². The first-order valence-corrected chi connectivity index (χ1v) is 7.26. The van der Waals surface area contributed by atoms with Gasteiger partial charge in [0.15, 0.2) is 0 Å². The van der Waals surface area contributed by atoms with Gasteiger partial charge in [-0.05, 0) is 50.8 Å². The standard InChI is InChI=1S/C15H23FN2O/c1-2-14(15-7-6-12(16)11-18-15)17-9-8-13-5-3-4-10-19-13/h6-7,11,13-14,17H,2-5,8-10H2,1H3. The maximum atomic E-state index is 12.8. The summed E-state index contributed by atoms with van der Waals surface area (Å²) in [5.74, 6) is -0.283. The van der Waals surface area contributed by atoms with E-state index in [1.165, 1.54) is 31.5 Å². The molecule has 0 radical (unpaired) electrons. The second-order valence-electron chi connectivity index (χ2n) is 5.09. The summed E-state index contributed by atoms with van der Waals surface area (Å²) >= 11 is 0. The van der Waals surface area contributed by atoms with Crippen LogP contribution in [0.4, 0.5) is 4.39 Å². The summed E-state index contributed by atoms with van der Waals surface area (Å²) in [5.41, 5.74) is 0.911. The number of halogens is 1. The zero-order valence-corrected chi connectivity index (χ0v) is 11.6. The fraction of sp³-hybridized carbons (Fsp3) is 0.667. The summed E-state index contributed by atoms with van der Waals surface area (Å²) in [5, 5.41) is 3.49. The van der Waals surface area contributed by atoms with E-state index in [-0.39, 0.29) is 11.9 Å². The zero-order chi connectivity index (χ0) is 13.5. The summed E-state index contributed by atoms with van der Waals surface area (Å²) in [4.78, 5) is 4.15. The van der Waals surface area contributed by atoms with Crippen molar-refractivity contribution in [2.75, 3.05) is 13.2 Å². The molecule has 4 heteroatoms. The van der Waals surface area contributed by atoms with Crippen LogP contribution in [-0.4, -0.2) is 24.2 Å². The molecule has 19 heavy (non-hydrogen) atoms. The average molecular weight is 266 g/mol. The molecular weight excluding hydrogens is 243 g/mol. The van der Waals surface area contributed by atoms with Crippen LogP contribution in [0.15, 0.2) is 18.3 Å². The van der Waals surface area contributed by atoms with Crippen molar-refractivity contribution in [3.8, 4) is 0 Å². The minimum Gasteiger partial charge on any atom is -0.378 e. The normalized spacial score (nSPS) is 21.3. The quantitative estimate of drug-likeness (QED) is 0.858. The molecule has 1 saturated heterocycles. The lowest BCUT2D eigenvalue weighted by Gasteiger charge is -2.24. The molecular formula is C15H23FN2O. The van der Waals surface area contributed by atoms with E-state index in [1.807, 2.05) is 0 Å². The Morgan fingerprint density at radius 1 is 1.47 bits per heavy atom. The molecule has 2 unspecified atom stereocenters. The highest BCUT2D eigenvalue weighted by Crippen LogP contribution is 2.17. The molecule has 0 spiro atoms. The molecule has 1 aliphatic rings. The SMILES string of the molecule is CCC(NCCC1CCCCO1)c1ccc(F)cn1. The summed E-state index contributed by atoms with van der Waals surface area (Å²) in [6, 6.07) is 3.43. The molecule has 2 heterocycles. The van der Waals surface area contributed by atoms with Gasteiger partial charge in [-0.2, -0.15) is 0 Å². The zero-order valence-electron chi connectivity index (χ0n) is 11.6. The van der Waals surface area contributed by atoms with Crippen molar-refractivity contribution >= 4 is 0 Å². The molecule has 0 saturated carbocycles. The van der Waals surface area contributed by atoms with E-state index < -0.39 is 0 Å². The first-order valence-electron chi connectivity index (χ1n) is 7.26. The number of hydrogen-bond donors (Lipinski definition) is 1. The smallest absolute Gasteiger partial charge is 0.141 e. The van der Waals surface area contributed by atoms with Gasteiger partial charge < -0.3 is 10.1 Å². The fourth-order valence-electron chi connectivity index (χ4n) is 2.51. The Kier molecular flexibility index (Phi) is 5.73. The van der Waals surface area contributed by atoms with Crippen molar-refractivity contribution in [1.82, 2.24) is 10.3 Å². The third-order valence-corrected chi connectivity index (χ3v) is 3.65. The molecule has 0 bridgehead atoms. The van der Waals surface area contributed by atoms with Gasteiger partial charge in [0.2, 0.25) is 0 Å². The number of nitrogens with zero attached hydrogens (tertiary/aromatic N) is 1. The Balaban J connectivity index is 1.77. The van der Waals surface area contributed by atoms with Gasteiger partial charge in [-0.3, -0.25) is 4.98 Å². The number of ether oxygens (including phenoxy) is 1. The van der Waals surface area contributed by atoms with Crippen LogP contribution in [0.3, 0.4) is 0 Å². The monoisotopic (exact) mass is 266 g/mol. The molecule has 1 N–H and O–H groups in total. The van der Waals surface area contributed by atoms with E-state index in [0.717, 1.165) is 31.7 Å². The van der Waals surface area contributed by atoms with Crippen LogP contribution in [-0.2, 0) is 4.74 Å². The predicted molar refractivity (Wildman–Crippen MR) is 73.4 cm³/mol. The highest BCUT2D eigenvalue weighted by molar-refractivity contribution is 5.09. The minimum absolute atomic E-state index is 0.198. The Morgan fingerprint density at radius 3 is 3.00 bits per heavy atom. The van der Waals surface area contributed by atoms with Crippen molar-refractivity contribution < 1.29 is 9.13 Å². The van der Waals surface area contributed by atoms with Crippen LogP contribution >= 0.6 is 0 Å². The number of pyridine rings is 1. The lowest BCUT2D eigenvalue weighted by molar-refractivity contribution is 0.0111. The second-order valence-corrected chi connectivity index (χ2v) is 5.09. The lowest BCUT2D eigenvalue weighted by atomic mass is 10.1. The molecule has 1 aromatic rings. The van der Waals surface area contributed by atoms with Crippen LogP contribution in [0.1, 0.15) is 50.8 Å². The lowest BCUT2D eigenvalue weighted by Crippen LogP contribution is -2.28. The van der Waals surface area contributed by atoms with Gasteiger partial charge in [0.1, 0.15) is 5.82 Å². The highest BCUT2D eigenvalue weighted by atomic mass is 19.1. The number of rotatable bonds is 6. The molecule has 1 fully saturated rings. The van der Waals surface area contributed by atoms with Crippen molar-refractivity contribution in [3.05, 3.63) is 29.8 Å². The summed E-state index contributed by atoms with van der Waals surface area (Å²) in [6.45, 7) is 3.93. The second kappa shape index (κ2) is 7.56. The molecule has 106 valence electrons. The van der Waals surface area contributed by atoms with Crippen LogP contribution in [0.25, 0.3) is 0 Å². The third kappa shape index (κ3) is 4.55. The van der Waals surface area contributed by atoms with Crippen molar-refractivity contribution in [3.63, 3.8) is 0 Å². The maximum absolute atomic E-state index is 12.8. The number of hydrogen-bond acceptors (Lipinski definition) is 3. The van der Waals surface area contributed by atoms with Crippen molar-refractivity contribution in [1.29, 1.82) is 0 Å². The van der Waals surface area contributed by atoms with Crippen LogP contribution < -0.4 is 5.32 Å². The van der Waals surface area contributed by atoms with E-state index in [1.54, 1.807) is 6.07 Å². The maximum Gasteiger partial charge on any atom is 0.141 e. The third-order valence-electron chi connectivity index (χ3n) is 3.65. The van der Waals surface area contributed by atoms with Gasteiger partial charge in [-0.15, -0.1) is 0 Å². The molecule has 0 aliphatic carbocycles. The van der Waals surface area contributed by atoms with Crippen molar-refractivity contribution in [2.45, 2.75) is 51.2 Å². The van der Waals surface area contributed by atoms with Crippen LogP contribution in [0.2, 0.25) is 0 Å². The Bertz CT molecular complexity index is 363. The number of nitrogens with one attached hydrogen (secondary N) is 1. The first kappa shape index (κ1) is 14.4. The molecule has 2 rings (SSSR count). The Labute approximate surface area is 114 Å². The Morgan fingerprint density at radius 2 is 2.37 bits per heavy atom. The van der Waals surface area contributed by atoms with Gasteiger partial charge in [-0.25, -0.2) is 4.39 Å². The van der Waals surface area contributed by atoms with Gasteiger partial charge in [0, 0.05) is 12.6 Å². The van der Waals surface area contributed by atoms with E-state index in [9.17, 15) is 4.39 Å². The van der Waals surface area contributed by atoms with Crippen LogP contribution in [0.5, 0.6) is 0 Å². The highest BCUT2D eigenvalue weighted by Gasteiger charge is 2.15. The average Bonchev–Trinajstić information content (AvgIpc) is 2.46. The van der Waals surface area contributed by atoms with Gasteiger partial charge in [-0.1, -0.05) is 6.92 Å². The molecule has 2 atom stereocenters. The molecule has 1 aromatic heterocycles. The first-order chi connectivity index (χ1) is 9.29. The van der Waals surface area contributed by atoms with Gasteiger partial charge in [0.25, 0.3) is 0 Å². The summed E-state index contributed by atoms with van der Waals surface area (Å²) in [6.07, 6.45) is 7.32. The summed E-state index contributed by atoms with van der Waals surface area (Å²) < 4.78 is 18.6. The number of aromatic nitrogens is 1. The topological polar surface area (TPSA) is 34.1 Å². The molecule has 3 nitrogen and oxygen atoms in total.